The Hall–Kier alpha value is -2.77. The molecule has 146 valence electrons. The highest BCUT2D eigenvalue weighted by atomic mass is 32.1. The van der Waals surface area contributed by atoms with E-state index < -0.39 is 0 Å². The Kier molecular flexibility index (Phi) is 4.37. The van der Waals surface area contributed by atoms with Gasteiger partial charge in [0, 0.05) is 32.4 Å². The number of benzene rings is 1. The van der Waals surface area contributed by atoms with E-state index in [1.54, 1.807) is 11.3 Å². The van der Waals surface area contributed by atoms with Gasteiger partial charge in [-0.1, -0.05) is 18.2 Å². The number of para-hydroxylation sites is 1. The van der Waals surface area contributed by atoms with Gasteiger partial charge in [-0.05, 0) is 44.0 Å². The minimum atomic E-state index is -0.161. The summed E-state index contributed by atoms with van der Waals surface area (Å²) >= 11 is 3.12. The van der Waals surface area contributed by atoms with Gasteiger partial charge in [-0.3, -0.25) is 14.2 Å². The van der Waals surface area contributed by atoms with Gasteiger partial charge in [-0.25, -0.2) is 4.98 Å². The van der Waals surface area contributed by atoms with Gasteiger partial charge in [0.1, 0.15) is 11.4 Å². The lowest BCUT2D eigenvalue weighted by atomic mass is 10.1. The largest absolute Gasteiger partial charge is 0.307 e. The maximum atomic E-state index is 13.2. The first kappa shape index (κ1) is 18.3. The number of aromatic nitrogens is 2. The number of fused-ring (bicyclic) bond motifs is 2. The summed E-state index contributed by atoms with van der Waals surface area (Å²) in [7, 11) is 0. The minimum Gasteiger partial charge on any atom is -0.307 e. The van der Waals surface area contributed by atoms with E-state index in [1.807, 2.05) is 54.5 Å². The molecule has 0 aliphatic carbocycles. The number of rotatable bonds is 3. The van der Waals surface area contributed by atoms with Crippen molar-refractivity contribution in [1.82, 2.24) is 9.55 Å². The first-order valence-electron chi connectivity index (χ1n) is 9.46. The monoisotopic (exact) mass is 421 g/mol. The summed E-state index contributed by atoms with van der Waals surface area (Å²) in [6.45, 7) is 4.07. The molecule has 0 saturated carbocycles. The number of carbonyl (C=O) groups is 1. The van der Waals surface area contributed by atoms with E-state index in [0.717, 1.165) is 22.5 Å². The first-order chi connectivity index (χ1) is 14.0. The lowest BCUT2D eigenvalue weighted by Crippen LogP contribution is -2.40. The van der Waals surface area contributed by atoms with Gasteiger partial charge in [-0.2, -0.15) is 0 Å². The van der Waals surface area contributed by atoms with Crippen LogP contribution in [0, 0.1) is 6.92 Å². The van der Waals surface area contributed by atoms with E-state index >= 15 is 0 Å². The zero-order chi connectivity index (χ0) is 20.1. The fourth-order valence-electron chi connectivity index (χ4n) is 4.01. The lowest BCUT2D eigenvalue weighted by Gasteiger charge is -2.23. The molecule has 5 nitrogen and oxygen atoms in total. The predicted octanol–water partition coefficient (Wildman–Crippen LogP) is 4.47. The van der Waals surface area contributed by atoms with Crippen molar-refractivity contribution in [3.63, 3.8) is 0 Å². The fraction of sp³-hybridized carbons (Fsp3) is 0.227. The third kappa shape index (κ3) is 3.01. The van der Waals surface area contributed by atoms with Gasteiger partial charge in [0.2, 0.25) is 5.91 Å². The molecular weight excluding hydrogens is 402 g/mol. The van der Waals surface area contributed by atoms with Crippen LogP contribution in [0.1, 0.15) is 17.4 Å². The van der Waals surface area contributed by atoms with Crippen molar-refractivity contribution in [3.05, 3.63) is 68.9 Å². The Morgan fingerprint density at radius 3 is 2.86 bits per heavy atom. The molecule has 0 N–H and O–H groups in total. The Morgan fingerprint density at radius 1 is 1.24 bits per heavy atom. The normalized spacial score (nSPS) is 15.8. The number of hydrogen-bond donors (Lipinski definition) is 0. The smallest absolute Gasteiger partial charge is 0.263 e. The Balaban J connectivity index is 1.52. The summed E-state index contributed by atoms with van der Waals surface area (Å²) in [5.74, 6) is -0.0885. The van der Waals surface area contributed by atoms with Crippen LogP contribution in [-0.4, -0.2) is 21.5 Å². The number of nitrogens with zero attached hydrogens (tertiary/aromatic N) is 3. The van der Waals surface area contributed by atoms with Crippen LogP contribution >= 0.6 is 22.7 Å². The van der Waals surface area contributed by atoms with Gasteiger partial charge in [-0.15, -0.1) is 22.7 Å². The number of thiophene rings is 2. The van der Waals surface area contributed by atoms with E-state index in [9.17, 15) is 9.59 Å². The van der Waals surface area contributed by atoms with Crippen LogP contribution in [0.5, 0.6) is 0 Å². The summed E-state index contributed by atoms with van der Waals surface area (Å²) in [5.41, 5.74) is 2.85. The van der Waals surface area contributed by atoms with Gasteiger partial charge in [0.25, 0.3) is 5.56 Å². The van der Waals surface area contributed by atoms with E-state index in [1.165, 1.54) is 32.7 Å². The Morgan fingerprint density at radius 2 is 2.07 bits per heavy atom. The van der Waals surface area contributed by atoms with Crippen LogP contribution in [0.4, 0.5) is 5.69 Å². The average molecular weight is 422 g/mol. The Labute approximate surface area is 175 Å². The standard InChI is InChI=1S/C22H19N3O2S2/c1-13-9-15-5-3-4-6-17(15)25(13)19(26)10-24-12-23-21-20(22(24)27)16(11-28-21)18-8-7-14(2)29-18/h3-8,11-13H,9-10H2,1-2H3. The number of carbonyl (C=O) groups excluding carboxylic acids is 1. The maximum Gasteiger partial charge on any atom is 0.263 e. The number of aryl methyl sites for hydroxylation is 1. The zero-order valence-corrected chi connectivity index (χ0v) is 17.7. The zero-order valence-electron chi connectivity index (χ0n) is 16.1. The fourth-order valence-corrected chi connectivity index (χ4v) is 5.87. The molecule has 4 aromatic rings. The second-order valence-corrected chi connectivity index (χ2v) is 9.51. The van der Waals surface area contributed by atoms with Crippen molar-refractivity contribution in [3.8, 4) is 10.4 Å². The van der Waals surface area contributed by atoms with Crippen LogP contribution in [0.15, 0.2) is 52.9 Å². The van der Waals surface area contributed by atoms with E-state index in [0.29, 0.717) is 10.2 Å². The highest BCUT2D eigenvalue weighted by Gasteiger charge is 2.30. The SMILES string of the molecule is Cc1ccc(-c2csc3ncn(CC(=O)N4c5ccccc5CC4C)c(=O)c23)s1. The molecule has 0 fully saturated rings. The average Bonchev–Trinajstić information content (AvgIpc) is 3.39. The highest BCUT2D eigenvalue weighted by Crippen LogP contribution is 2.35. The minimum absolute atomic E-state index is 0.0147. The second kappa shape index (κ2) is 6.93. The molecule has 0 spiro atoms. The topological polar surface area (TPSA) is 55.2 Å². The molecule has 29 heavy (non-hydrogen) atoms. The van der Waals surface area contributed by atoms with Gasteiger partial charge >= 0.3 is 0 Å². The van der Waals surface area contributed by atoms with E-state index in [4.69, 9.17) is 0 Å². The molecule has 1 aliphatic heterocycles. The summed E-state index contributed by atoms with van der Waals surface area (Å²) in [6.07, 6.45) is 2.33. The van der Waals surface area contributed by atoms with Crippen molar-refractivity contribution >= 4 is 44.5 Å². The molecule has 1 unspecified atom stereocenters. The third-order valence-corrected chi connectivity index (χ3v) is 7.27. The molecular formula is C22H19N3O2S2. The summed E-state index contributed by atoms with van der Waals surface area (Å²) < 4.78 is 1.44. The molecule has 1 aromatic carbocycles. The number of hydrogen-bond acceptors (Lipinski definition) is 5. The summed E-state index contributed by atoms with van der Waals surface area (Å²) in [5, 5.41) is 2.58. The van der Waals surface area contributed by atoms with Crippen LogP contribution in [0.25, 0.3) is 20.7 Å². The summed E-state index contributed by atoms with van der Waals surface area (Å²) in [6, 6.07) is 12.1. The van der Waals surface area contributed by atoms with Crippen LogP contribution in [-0.2, 0) is 17.8 Å². The van der Waals surface area contributed by atoms with Gasteiger partial charge < -0.3 is 4.90 Å². The van der Waals surface area contributed by atoms with Crippen LogP contribution in [0.3, 0.4) is 0 Å². The van der Waals surface area contributed by atoms with E-state index in [-0.39, 0.29) is 24.1 Å². The predicted molar refractivity (Wildman–Crippen MR) is 119 cm³/mol. The molecule has 5 rings (SSSR count). The van der Waals surface area contributed by atoms with Gasteiger partial charge in [0.05, 0.1) is 11.7 Å². The van der Waals surface area contributed by atoms with Crippen molar-refractivity contribution in [2.45, 2.75) is 32.9 Å². The first-order valence-corrected chi connectivity index (χ1v) is 11.2. The Bertz CT molecular complexity index is 1300. The molecule has 0 saturated heterocycles. The lowest BCUT2D eigenvalue weighted by molar-refractivity contribution is -0.119. The molecule has 0 bridgehead atoms. The quantitative estimate of drug-likeness (QED) is 0.490. The molecule has 3 aromatic heterocycles. The van der Waals surface area contributed by atoms with Crippen molar-refractivity contribution in [1.29, 1.82) is 0 Å². The van der Waals surface area contributed by atoms with Crippen molar-refractivity contribution in [2.24, 2.45) is 0 Å². The van der Waals surface area contributed by atoms with Crippen molar-refractivity contribution in [2.75, 3.05) is 4.90 Å². The highest BCUT2D eigenvalue weighted by molar-refractivity contribution is 7.19. The molecule has 1 amide bonds. The molecule has 4 heterocycles. The number of anilines is 1. The second-order valence-electron chi connectivity index (χ2n) is 7.36. The number of amides is 1. The third-order valence-electron chi connectivity index (χ3n) is 5.35. The molecule has 7 heteroatoms. The molecule has 1 atom stereocenters. The maximum absolute atomic E-state index is 13.2. The van der Waals surface area contributed by atoms with E-state index in [2.05, 4.69) is 11.1 Å². The summed E-state index contributed by atoms with van der Waals surface area (Å²) in [4.78, 5) is 35.6. The molecule has 0 radical (unpaired) electrons. The van der Waals surface area contributed by atoms with Crippen molar-refractivity contribution < 1.29 is 4.79 Å². The van der Waals surface area contributed by atoms with Gasteiger partial charge in [0.15, 0.2) is 0 Å². The molecule has 1 aliphatic rings. The van der Waals surface area contributed by atoms with Crippen LogP contribution < -0.4 is 10.5 Å². The van der Waals surface area contributed by atoms with Crippen LogP contribution in [0.2, 0.25) is 0 Å².